The van der Waals surface area contributed by atoms with E-state index < -0.39 is 5.97 Å². The van der Waals surface area contributed by atoms with Crippen molar-refractivity contribution < 1.29 is 14.3 Å². The molecule has 3 aromatic carbocycles. The molecule has 0 spiro atoms. The van der Waals surface area contributed by atoms with Crippen LogP contribution in [0.5, 0.6) is 17.2 Å². The lowest BCUT2D eigenvalue weighted by Crippen LogP contribution is -2.14. The number of para-hydroxylation sites is 1. The smallest absolute Gasteiger partial charge is 0.338 e. The number of carbonyl (C=O) groups excluding carboxylic acids is 1. The molecule has 0 radical (unpaired) electrons. The van der Waals surface area contributed by atoms with Crippen LogP contribution in [0.25, 0.3) is 10.8 Å². The number of ether oxygens (including phenoxy) is 2. The number of hydrogen-bond donors (Lipinski definition) is 0. The van der Waals surface area contributed by atoms with E-state index in [4.69, 9.17) is 9.47 Å². The molecule has 3 nitrogen and oxygen atoms in total. The molecular formula is C26H24O3. The van der Waals surface area contributed by atoms with Gasteiger partial charge in [-0.1, -0.05) is 67.6 Å². The van der Waals surface area contributed by atoms with E-state index in [-0.39, 0.29) is 0 Å². The molecule has 0 N–H and O–H groups in total. The molecule has 0 bridgehead atoms. The number of benzene rings is 3. The van der Waals surface area contributed by atoms with E-state index in [0.717, 1.165) is 52.7 Å². The Labute approximate surface area is 171 Å². The van der Waals surface area contributed by atoms with Crippen LogP contribution in [0, 0.1) is 0 Å². The Kier molecular flexibility index (Phi) is 5.22. The second kappa shape index (κ2) is 7.96. The summed E-state index contributed by atoms with van der Waals surface area (Å²) < 4.78 is 12.2. The number of esters is 1. The Balaban J connectivity index is 1.95. The largest absolute Gasteiger partial charge is 0.456 e. The lowest BCUT2D eigenvalue weighted by Gasteiger charge is -2.25. The van der Waals surface area contributed by atoms with Crippen molar-refractivity contribution in [2.75, 3.05) is 0 Å². The third-order valence-corrected chi connectivity index (χ3v) is 5.29. The summed E-state index contributed by atoms with van der Waals surface area (Å²) in [5, 5.41) is 1.82. The Bertz CT molecular complexity index is 1120. The Morgan fingerprint density at radius 1 is 0.966 bits per heavy atom. The summed E-state index contributed by atoms with van der Waals surface area (Å²) in [5.74, 6) is 1.85. The number of allylic oxidation sites excluding steroid dienone is 2. The van der Waals surface area contributed by atoms with Crippen LogP contribution in [-0.2, 0) is 17.6 Å². The van der Waals surface area contributed by atoms with Crippen molar-refractivity contribution >= 4 is 16.7 Å². The zero-order valence-electron chi connectivity index (χ0n) is 16.8. The van der Waals surface area contributed by atoms with Gasteiger partial charge in [0, 0.05) is 27.5 Å². The van der Waals surface area contributed by atoms with Crippen molar-refractivity contribution in [3.05, 3.63) is 89.5 Å². The molecule has 1 aliphatic rings. The zero-order chi connectivity index (χ0) is 20.4. The minimum atomic E-state index is -0.401. The molecule has 0 atom stereocenters. The van der Waals surface area contributed by atoms with Crippen molar-refractivity contribution in [2.24, 2.45) is 0 Å². The molecular weight excluding hydrogens is 360 g/mol. The molecule has 3 aromatic rings. The third kappa shape index (κ3) is 3.68. The van der Waals surface area contributed by atoms with Crippen molar-refractivity contribution in [1.82, 2.24) is 0 Å². The first kappa shape index (κ1) is 19.0. The summed E-state index contributed by atoms with van der Waals surface area (Å²) in [4.78, 5) is 12.4. The van der Waals surface area contributed by atoms with Crippen LogP contribution in [0.15, 0.2) is 78.4 Å². The van der Waals surface area contributed by atoms with E-state index in [9.17, 15) is 4.79 Å². The molecule has 0 amide bonds. The van der Waals surface area contributed by atoms with E-state index >= 15 is 0 Å². The predicted octanol–water partition coefficient (Wildman–Crippen LogP) is 6.55. The van der Waals surface area contributed by atoms with Crippen LogP contribution in [-0.4, -0.2) is 5.97 Å². The van der Waals surface area contributed by atoms with Crippen LogP contribution in [0.4, 0.5) is 0 Å². The lowest BCUT2D eigenvalue weighted by molar-refractivity contribution is -0.130. The fraction of sp³-hybridized carbons (Fsp3) is 0.192. The zero-order valence-corrected chi connectivity index (χ0v) is 16.8. The minimum Gasteiger partial charge on any atom is -0.456 e. The van der Waals surface area contributed by atoms with E-state index in [2.05, 4.69) is 19.6 Å². The van der Waals surface area contributed by atoms with Gasteiger partial charge in [0.15, 0.2) is 0 Å². The minimum absolute atomic E-state index is 0.384. The first-order chi connectivity index (χ1) is 14.1. The molecule has 0 unspecified atom stereocenters. The standard InChI is InChI=1S/C26H24O3/c1-4-18-14-15-22-23(16-18)25(29-26(27)17(2)3)21-13-9-8-12-20(21)24(22)28-19-10-6-5-7-11-19/h5-14H,2,4,15-16H2,1,3H3. The summed E-state index contributed by atoms with van der Waals surface area (Å²) in [7, 11) is 0. The molecule has 4 rings (SSSR count). The molecule has 29 heavy (non-hydrogen) atoms. The fourth-order valence-corrected chi connectivity index (χ4v) is 3.72. The van der Waals surface area contributed by atoms with Crippen LogP contribution in [0.1, 0.15) is 31.4 Å². The first-order valence-electron chi connectivity index (χ1n) is 9.93. The highest BCUT2D eigenvalue weighted by atomic mass is 16.5. The predicted molar refractivity (Wildman–Crippen MR) is 117 cm³/mol. The molecule has 0 heterocycles. The summed E-state index contributed by atoms with van der Waals surface area (Å²) >= 11 is 0. The van der Waals surface area contributed by atoms with Gasteiger partial charge in [-0.2, -0.15) is 0 Å². The van der Waals surface area contributed by atoms with Crippen molar-refractivity contribution in [3.63, 3.8) is 0 Å². The highest BCUT2D eigenvalue weighted by Crippen LogP contribution is 2.45. The van der Waals surface area contributed by atoms with Gasteiger partial charge >= 0.3 is 5.97 Å². The SMILES string of the molecule is C=C(C)C(=O)Oc1c2c(c(Oc3ccccc3)c3ccccc13)CC=C(CC)C2. The summed E-state index contributed by atoms with van der Waals surface area (Å²) in [6.45, 7) is 7.56. The van der Waals surface area contributed by atoms with E-state index in [1.807, 2.05) is 54.6 Å². The van der Waals surface area contributed by atoms with Crippen LogP contribution in [0.3, 0.4) is 0 Å². The van der Waals surface area contributed by atoms with Crippen molar-refractivity contribution in [1.29, 1.82) is 0 Å². The summed E-state index contributed by atoms with van der Waals surface area (Å²) in [5.41, 5.74) is 3.83. The second-order valence-corrected chi connectivity index (χ2v) is 7.34. The summed E-state index contributed by atoms with van der Waals surface area (Å²) in [6.07, 6.45) is 4.73. The average Bonchev–Trinajstić information content (AvgIpc) is 2.76. The van der Waals surface area contributed by atoms with Crippen molar-refractivity contribution in [3.8, 4) is 17.2 Å². The van der Waals surface area contributed by atoms with Gasteiger partial charge in [0.05, 0.1) is 0 Å². The lowest BCUT2D eigenvalue weighted by atomic mass is 9.86. The molecule has 0 saturated carbocycles. The monoisotopic (exact) mass is 384 g/mol. The van der Waals surface area contributed by atoms with Gasteiger partial charge in [-0.25, -0.2) is 4.79 Å². The number of carbonyl (C=O) groups is 1. The first-order valence-corrected chi connectivity index (χ1v) is 9.93. The van der Waals surface area contributed by atoms with Gasteiger partial charge in [-0.15, -0.1) is 0 Å². The maximum absolute atomic E-state index is 12.4. The molecule has 0 aromatic heterocycles. The van der Waals surface area contributed by atoms with Crippen LogP contribution >= 0.6 is 0 Å². The Morgan fingerprint density at radius 2 is 1.62 bits per heavy atom. The van der Waals surface area contributed by atoms with E-state index in [0.29, 0.717) is 11.3 Å². The van der Waals surface area contributed by atoms with Gasteiger partial charge < -0.3 is 9.47 Å². The molecule has 0 aliphatic heterocycles. The molecule has 0 saturated heterocycles. The molecule has 0 fully saturated rings. The fourth-order valence-electron chi connectivity index (χ4n) is 3.72. The van der Waals surface area contributed by atoms with Gasteiger partial charge in [0.25, 0.3) is 0 Å². The Morgan fingerprint density at radius 3 is 2.28 bits per heavy atom. The van der Waals surface area contributed by atoms with Crippen LogP contribution < -0.4 is 9.47 Å². The quantitative estimate of drug-likeness (QED) is 0.217. The Hall–Kier alpha value is -3.33. The van der Waals surface area contributed by atoms with E-state index in [1.165, 1.54) is 5.57 Å². The van der Waals surface area contributed by atoms with Gasteiger partial charge in [-0.3, -0.25) is 0 Å². The topological polar surface area (TPSA) is 35.5 Å². The summed E-state index contributed by atoms with van der Waals surface area (Å²) in [6, 6.07) is 17.7. The third-order valence-electron chi connectivity index (χ3n) is 5.29. The van der Waals surface area contributed by atoms with Crippen molar-refractivity contribution in [2.45, 2.75) is 33.1 Å². The second-order valence-electron chi connectivity index (χ2n) is 7.34. The maximum atomic E-state index is 12.4. The number of hydrogen-bond acceptors (Lipinski definition) is 3. The maximum Gasteiger partial charge on any atom is 0.338 e. The van der Waals surface area contributed by atoms with Gasteiger partial charge in [0.2, 0.25) is 0 Å². The number of fused-ring (bicyclic) bond motifs is 2. The average molecular weight is 384 g/mol. The molecule has 3 heteroatoms. The highest BCUT2D eigenvalue weighted by molar-refractivity contribution is 5.99. The van der Waals surface area contributed by atoms with Gasteiger partial charge in [0.1, 0.15) is 17.2 Å². The highest BCUT2D eigenvalue weighted by Gasteiger charge is 2.25. The van der Waals surface area contributed by atoms with E-state index in [1.54, 1.807) is 6.92 Å². The van der Waals surface area contributed by atoms with Gasteiger partial charge in [-0.05, 0) is 38.3 Å². The normalized spacial score (nSPS) is 12.8. The molecule has 1 aliphatic carbocycles. The van der Waals surface area contributed by atoms with Crippen LogP contribution in [0.2, 0.25) is 0 Å². The molecule has 146 valence electrons. The number of rotatable bonds is 5.